The maximum absolute atomic E-state index is 13.0. The first-order chi connectivity index (χ1) is 14.5. The van der Waals surface area contributed by atoms with Gasteiger partial charge in [-0.3, -0.25) is 0 Å². The molecule has 1 aliphatic rings. The quantitative estimate of drug-likeness (QED) is 0.502. The maximum Gasteiger partial charge on any atom is 0.256 e. The Morgan fingerprint density at radius 3 is 2.87 bits per heavy atom. The Balaban J connectivity index is 1.46. The first kappa shape index (κ1) is 18.9. The minimum atomic E-state index is -2.48. The predicted molar refractivity (Wildman–Crippen MR) is 109 cm³/mol. The van der Waals surface area contributed by atoms with Crippen LogP contribution in [0.25, 0.3) is 33.5 Å². The fraction of sp³-hybridized carbons (Fsp3) is 0.400. The number of H-pyrrole nitrogens is 1. The van der Waals surface area contributed by atoms with Crippen molar-refractivity contribution in [3.05, 3.63) is 30.4 Å². The Hall–Kier alpha value is -3.14. The van der Waals surface area contributed by atoms with Gasteiger partial charge in [0.25, 0.3) is 6.43 Å². The van der Waals surface area contributed by atoms with Gasteiger partial charge in [0.05, 0.1) is 18.3 Å². The van der Waals surface area contributed by atoms with Crippen LogP contribution in [-0.2, 0) is 11.3 Å². The molecule has 0 aromatic carbocycles. The smallest absolute Gasteiger partial charge is 0.256 e. The SMILES string of the molecule is CO[C@H]1C[C@@H](Nc2ncc3c(-c4ccc5nc(C)n(CC(F)F)c5n4)c[nH]c3n2)C1. The molecule has 5 rings (SSSR count). The Morgan fingerprint density at radius 1 is 1.27 bits per heavy atom. The number of alkyl halides is 2. The molecular formula is C20H21F2N7O. The molecule has 4 aromatic heterocycles. The zero-order valence-electron chi connectivity index (χ0n) is 16.6. The summed E-state index contributed by atoms with van der Waals surface area (Å²) >= 11 is 0. The van der Waals surface area contributed by atoms with Gasteiger partial charge in [-0.1, -0.05) is 0 Å². The number of fused-ring (bicyclic) bond motifs is 2. The summed E-state index contributed by atoms with van der Waals surface area (Å²) in [4.78, 5) is 21.1. The number of hydrogen-bond donors (Lipinski definition) is 2. The average molecular weight is 413 g/mol. The molecular weight excluding hydrogens is 392 g/mol. The second-order valence-electron chi connectivity index (χ2n) is 7.53. The number of halogens is 2. The van der Waals surface area contributed by atoms with Crippen molar-refractivity contribution in [2.24, 2.45) is 0 Å². The summed E-state index contributed by atoms with van der Waals surface area (Å²) in [5, 5.41) is 4.13. The number of aryl methyl sites for hydroxylation is 1. The van der Waals surface area contributed by atoms with Crippen LogP contribution in [0.15, 0.2) is 24.5 Å². The molecule has 156 valence electrons. The van der Waals surface area contributed by atoms with Gasteiger partial charge in [-0.25, -0.2) is 23.7 Å². The number of hydrogen-bond acceptors (Lipinski definition) is 6. The number of nitrogens with zero attached hydrogens (tertiary/aromatic N) is 5. The highest BCUT2D eigenvalue weighted by molar-refractivity contribution is 5.93. The lowest BCUT2D eigenvalue weighted by atomic mass is 9.89. The Bertz CT molecular complexity index is 1210. The van der Waals surface area contributed by atoms with E-state index < -0.39 is 13.0 Å². The molecule has 0 bridgehead atoms. The van der Waals surface area contributed by atoms with Crippen LogP contribution in [0.3, 0.4) is 0 Å². The van der Waals surface area contributed by atoms with Crippen LogP contribution in [0, 0.1) is 6.92 Å². The van der Waals surface area contributed by atoms with E-state index in [9.17, 15) is 8.78 Å². The molecule has 1 fully saturated rings. The van der Waals surface area contributed by atoms with Crippen molar-refractivity contribution in [3.8, 4) is 11.3 Å². The molecule has 0 amide bonds. The average Bonchev–Trinajstić information content (AvgIpc) is 3.24. The third-order valence-corrected chi connectivity index (χ3v) is 5.57. The van der Waals surface area contributed by atoms with E-state index in [1.54, 1.807) is 26.3 Å². The molecule has 10 heteroatoms. The van der Waals surface area contributed by atoms with Gasteiger partial charge in [0, 0.05) is 36.5 Å². The lowest BCUT2D eigenvalue weighted by Gasteiger charge is -2.34. The van der Waals surface area contributed by atoms with E-state index in [0.717, 1.165) is 23.8 Å². The van der Waals surface area contributed by atoms with E-state index in [2.05, 4.69) is 30.2 Å². The summed E-state index contributed by atoms with van der Waals surface area (Å²) in [6.45, 7) is 1.27. The minimum Gasteiger partial charge on any atom is -0.381 e. The van der Waals surface area contributed by atoms with Crippen LogP contribution >= 0.6 is 0 Å². The zero-order valence-corrected chi connectivity index (χ0v) is 16.6. The topological polar surface area (TPSA) is 93.5 Å². The van der Waals surface area contributed by atoms with Crippen LogP contribution in [0.2, 0.25) is 0 Å². The summed E-state index contributed by atoms with van der Waals surface area (Å²) in [6.07, 6.45) is 3.24. The Morgan fingerprint density at radius 2 is 2.10 bits per heavy atom. The summed E-state index contributed by atoms with van der Waals surface area (Å²) in [6, 6.07) is 3.94. The van der Waals surface area contributed by atoms with Gasteiger partial charge in [0.15, 0.2) is 5.65 Å². The van der Waals surface area contributed by atoms with Gasteiger partial charge < -0.3 is 19.6 Å². The van der Waals surface area contributed by atoms with Crippen molar-refractivity contribution in [3.63, 3.8) is 0 Å². The molecule has 2 N–H and O–H groups in total. The number of nitrogens with one attached hydrogen (secondary N) is 2. The number of aromatic amines is 1. The van der Waals surface area contributed by atoms with E-state index in [1.165, 1.54) is 4.57 Å². The molecule has 0 radical (unpaired) electrons. The number of aromatic nitrogens is 6. The van der Waals surface area contributed by atoms with E-state index in [-0.39, 0.29) is 0 Å². The molecule has 4 aromatic rings. The fourth-order valence-corrected chi connectivity index (χ4v) is 3.87. The van der Waals surface area contributed by atoms with Crippen molar-refractivity contribution in [2.75, 3.05) is 12.4 Å². The number of methoxy groups -OCH3 is 1. The van der Waals surface area contributed by atoms with Crippen molar-refractivity contribution in [1.82, 2.24) is 29.5 Å². The van der Waals surface area contributed by atoms with Gasteiger partial charge in [-0.15, -0.1) is 0 Å². The first-order valence-corrected chi connectivity index (χ1v) is 9.77. The molecule has 0 saturated heterocycles. The summed E-state index contributed by atoms with van der Waals surface area (Å²) in [7, 11) is 1.72. The zero-order chi connectivity index (χ0) is 20.8. The Kier molecular flexibility index (Phi) is 4.58. The largest absolute Gasteiger partial charge is 0.381 e. The highest BCUT2D eigenvalue weighted by Crippen LogP contribution is 2.30. The summed E-state index contributed by atoms with van der Waals surface area (Å²) < 4.78 is 32.7. The highest BCUT2D eigenvalue weighted by atomic mass is 19.3. The number of anilines is 1. The molecule has 4 heterocycles. The molecule has 0 unspecified atom stereocenters. The van der Waals surface area contributed by atoms with Crippen LogP contribution in [0.1, 0.15) is 18.7 Å². The van der Waals surface area contributed by atoms with Crippen molar-refractivity contribution < 1.29 is 13.5 Å². The maximum atomic E-state index is 13.0. The van der Waals surface area contributed by atoms with E-state index >= 15 is 0 Å². The number of ether oxygens (including phenoxy) is 1. The number of pyridine rings is 1. The number of imidazole rings is 1. The Labute approximate surface area is 170 Å². The first-order valence-electron chi connectivity index (χ1n) is 9.77. The molecule has 1 aliphatic carbocycles. The molecule has 30 heavy (non-hydrogen) atoms. The van der Waals surface area contributed by atoms with Gasteiger partial charge >= 0.3 is 0 Å². The van der Waals surface area contributed by atoms with Crippen LogP contribution in [-0.4, -0.2) is 55.2 Å². The van der Waals surface area contributed by atoms with Crippen LogP contribution in [0.5, 0.6) is 0 Å². The third kappa shape index (κ3) is 3.26. The summed E-state index contributed by atoms with van der Waals surface area (Å²) in [5.74, 6) is 1.07. The van der Waals surface area contributed by atoms with Crippen LogP contribution < -0.4 is 5.32 Å². The lowest BCUT2D eigenvalue weighted by molar-refractivity contribution is 0.0327. The molecule has 0 atom stereocenters. The minimum absolute atomic E-state index is 0.298. The van der Waals surface area contributed by atoms with Gasteiger partial charge in [0.1, 0.15) is 17.0 Å². The molecule has 0 aliphatic heterocycles. The fourth-order valence-electron chi connectivity index (χ4n) is 3.87. The van der Waals surface area contributed by atoms with E-state index in [1.807, 2.05) is 12.3 Å². The van der Waals surface area contributed by atoms with E-state index in [0.29, 0.717) is 46.4 Å². The molecule has 1 saturated carbocycles. The molecule has 8 nitrogen and oxygen atoms in total. The van der Waals surface area contributed by atoms with Gasteiger partial charge in [0.2, 0.25) is 5.95 Å². The van der Waals surface area contributed by atoms with E-state index in [4.69, 9.17) is 4.74 Å². The number of rotatable bonds is 6. The standard InChI is InChI=1S/C20H21F2N7O/c1-10-25-16-4-3-15(27-19(16)29(10)9-17(21)22)13-7-23-18-14(13)8-24-20(28-18)26-11-5-12(6-11)30-2/h3-4,7-8,11-12,17H,5-6,9H2,1-2H3,(H2,23,24,26,28)/t11-,12+. The lowest BCUT2D eigenvalue weighted by Crippen LogP contribution is -2.40. The predicted octanol–water partition coefficient (Wildman–Crippen LogP) is 3.53. The second-order valence-corrected chi connectivity index (χ2v) is 7.53. The second kappa shape index (κ2) is 7.28. The normalized spacial score (nSPS) is 19.0. The van der Waals surface area contributed by atoms with Crippen molar-refractivity contribution in [1.29, 1.82) is 0 Å². The highest BCUT2D eigenvalue weighted by Gasteiger charge is 2.29. The summed E-state index contributed by atoms with van der Waals surface area (Å²) in [5.41, 5.74) is 3.18. The monoisotopic (exact) mass is 413 g/mol. The van der Waals surface area contributed by atoms with Crippen molar-refractivity contribution in [2.45, 2.75) is 44.9 Å². The van der Waals surface area contributed by atoms with Gasteiger partial charge in [-0.2, -0.15) is 4.98 Å². The van der Waals surface area contributed by atoms with Gasteiger partial charge in [-0.05, 0) is 31.9 Å². The molecule has 0 spiro atoms. The van der Waals surface area contributed by atoms with Crippen LogP contribution in [0.4, 0.5) is 14.7 Å². The third-order valence-electron chi connectivity index (χ3n) is 5.57. The van der Waals surface area contributed by atoms with Crippen molar-refractivity contribution >= 4 is 28.1 Å².